The van der Waals surface area contributed by atoms with Crippen molar-refractivity contribution in [2.45, 2.75) is 20.0 Å². The lowest BCUT2D eigenvalue weighted by Crippen LogP contribution is -2.09. The number of pyridine rings is 1. The molecule has 1 N–H and O–H groups in total. The molecule has 4 aromatic rings. The molecule has 0 unspecified atom stereocenters. The van der Waals surface area contributed by atoms with Crippen molar-refractivity contribution in [3.8, 4) is 5.75 Å². The number of anilines is 2. The molecule has 0 radical (unpaired) electrons. The van der Waals surface area contributed by atoms with Gasteiger partial charge < -0.3 is 14.8 Å². The fourth-order valence-corrected chi connectivity index (χ4v) is 3.30. The Morgan fingerprint density at radius 2 is 1.68 bits per heavy atom. The van der Waals surface area contributed by atoms with Gasteiger partial charge in [-0.3, -0.25) is 4.79 Å². The molecule has 0 aliphatic carbocycles. The maximum absolute atomic E-state index is 11.9. The predicted octanol–water partition coefficient (Wildman–Crippen LogP) is 5.66. The number of ether oxygens (including phenoxy) is 2. The van der Waals surface area contributed by atoms with E-state index in [0.29, 0.717) is 13.2 Å². The zero-order valence-corrected chi connectivity index (χ0v) is 17.4. The van der Waals surface area contributed by atoms with Crippen molar-refractivity contribution in [3.05, 3.63) is 96.2 Å². The topological polar surface area (TPSA) is 60.5 Å². The van der Waals surface area contributed by atoms with Gasteiger partial charge in [-0.1, -0.05) is 42.5 Å². The summed E-state index contributed by atoms with van der Waals surface area (Å²) in [7, 11) is 0. The average Bonchev–Trinajstić information content (AvgIpc) is 2.80. The summed E-state index contributed by atoms with van der Waals surface area (Å²) in [5, 5.41) is 4.48. The molecule has 5 heteroatoms. The van der Waals surface area contributed by atoms with Gasteiger partial charge >= 0.3 is 5.97 Å². The molecule has 1 aromatic heterocycles. The molecule has 0 saturated carbocycles. The Morgan fingerprint density at radius 1 is 0.903 bits per heavy atom. The van der Waals surface area contributed by atoms with Crippen LogP contribution in [0, 0.1) is 0 Å². The van der Waals surface area contributed by atoms with E-state index in [0.717, 1.165) is 39.3 Å². The Kier molecular flexibility index (Phi) is 6.43. The van der Waals surface area contributed by atoms with Crippen LogP contribution in [0.5, 0.6) is 5.75 Å². The highest BCUT2D eigenvalue weighted by Gasteiger charge is 2.09. The summed E-state index contributed by atoms with van der Waals surface area (Å²) < 4.78 is 11.0. The van der Waals surface area contributed by atoms with Crippen molar-refractivity contribution >= 4 is 28.2 Å². The van der Waals surface area contributed by atoms with Crippen molar-refractivity contribution in [3.63, 3.8) is 0 Å². The molecule has 31 heavy (non-hydrogen) atoms. The molecule has 0 spiro atoms. The highest BCUT2D eigenvalue weighted by Crippen LogP contribution is 2.24. The van der Waals surface area contributed by atoms with Crippen LogP contribution in [0.3, 0.4) is 0 Å². The SMILES string of the molecule is CCOC(=O)Cc1ccccc1Nc1ccc(OCc2ccc3ccccc3n2)cc1. The highest BCUT2D eigenvalue weighted by molar-refractivity contribution is 5.78. The second-order valence-electron chi connectivity index (χ2n) is 7.07. The molecule has 0 amide bonds. The van der Waals surface area contributed by atoms with Gasteiger partial charge in [0, 0.05) is 16.8 Å². The number of benzene rings is 3. The molecule has 0 bridgehead atoms. The molecule has 0 aliphatic rings. The van der Waals surface area contributed by atoms with Crippen LogP contribution < -0.4 is 10.1 Å². The molecular formula is C26H24N2O3. The number of carbonyl (C=O) groups is 1. The lowest BCUT2D eigenvalue weighted by Gasteiger charge is -2.13. The largest absolute Gasteiger partial charge is 0.487 e. The molecule has 0 aliphatic heterocycles. The monoisotopic (exact) mass is 412 g/mol. The number of carbonyl (C=O) groups excluding carboxylic acids is 1. The Morgan fingerprint density at radius 3 is 2.52 bits per heavy atom. The van der Waals surface area contributed by atoms with E-state index in [1.54, 1.807) is 0 Å². The van der Waals surface area contributed by atoms with Gasteiger partial charge in [-0.05, 0) is 55.0 Å². The minimum atomic E-state index is -0.234. The van der Waals surface area contributed by atoms with Crippen LogP contribution in [-0.2, 0) is 22.6 Å². The van der Waals surface area contributed by atoms with Gasteiger partial charge in [0.25, 0.3) is 0 Å². The number of hydrogen-bond donors (Lipinski definition) is 1. The fourth-order valence-electron chi connectivity index (χ4n) is 3.30. The van der Waals surface area contributed by atoms with Crippen molar-refractivity contribution in [1.29, 1.82) is 0 Å². The van der Waals surface area contributed by atoms with Crippen LogP contribution >= 0.6 is 0 Å². The molecule has 1 heterocycles. The summed E-state index contributed by atoms with van der Waals surface area (Å²) in [5.41, 5.74) is 4.53. The smallest absolute Gasteiger partial charge is 0.310 e. The third-order valence-corrected chi connectivity index (χ3v) is 4.83. The Labute approximate surface area is 181 Å². The molecule has 3 aromatic carbocycles. The molecule has 5 nitrogen and oxygen atoms in total. The number of esters is 1. The van der Waals surface area contributed by atoms with Crippen LogP contribution in [0.15, 0.2) is 84.9 Å². The number of nitrogens with one attached hydrogen (secondary N) is 1. The summed E-state index contributed by atoms with van der Waals surface area (Å²) in [6, 6.07) is 27.5. The van der Waals surface area contributed by atoms with E-state index in [9.17, 15) is 4.79 Å². The fraction of sp³-hybridized carbons (Fsp3) is 0.154. The first kappa shape index (κ1) is 20.4. The first-order valence-electron chi connectivity index (χ1n) is 10.3. The van der Waals surface area contributed by atoms with E-state index in [4.69, 9.17) is 9.47 Å². The van der Waals surface area contributed by atoms with E-state index >= 15 is 0 Å². The zero-order chi connectivity index (χ0) is 21.5. The number of aromatic nitrogens is 1. The van der Waals surface area contributed by atoms with E-state index in [1.165, 1.54) is 0 Å². The van der Waals surface area contributed by atoms with Crippen LogP contribution in [0.25, 0.3) is 10.9 Å². The van der Waals surface area contributed by atoms with Gasteiger partial charge in [0.05, 0.1) is 24.2 Å². The predicted molar refractivity (Wildman–Crippen MR) is 123 cm³/mol. The van der Waals surface area contributed by atoms with E-state index in [2.05, 4.69) is 16.4 Å². The molecule has 0 atom stereocenters. The zero-order valence-electron chi connectivity index (χ0n) is 17.4. The molecule has 0 fully saturated rings. The molecule has 156 valence electrons. The average molecular weight is 412 g/mol. The second-order valence-corrected chi connectivity index (χ2v) is 7.07. The Bertz CT molecular complexity index is 1170. The van der Waals surface area contributed by atoms with Crippen molar-refractivity contribution < 1.29 is 14.3 Å². The normalized spacial score (nSPS) is 10.6. The first-order chi connectivity index (χ1) is 15.2. The quantitative estimate of drug-likeness (QED) is 0.378. The van der Waals surface area contributed by atoms with Crippen molar-refractivity contribution in [1.82, 2.24) is 4.98 Å². The minimum Gasteiger partial charge on any atom is -0.487 e. The summed E-state index contributed by atoms with van der Waals surface area (Å²) in [5.74, 6) is 0.531. The number of para-hydroxylation sites is 2. The van der Waals surface area contributed by atoms with Crippen LogP contribution in [0.2, 0.25) is 0 Å². The van der Waals surface area contributed by atoms with Crippen molar-refractivity contribution in [2.24, 2.45) is 0 Å². The number of fused-ring (bicyclic) bond motifs is 1. The van der Waals surface area contributed by atoms with Gasteiger partial charge in [-0.2, -0.15) is 0 Å². The summed E-state index contributed by atoms with van der Waals surface area (Å²) in [4.78, 5) is 16.5. The number of nitrogens with zero attached hydrogens (tertiary/aromatic N) is 1. The summed E-state index contributed by atoms with van der Waals surface area (Å²) >= 11 is 0. The van der Waals surface area contributed by atoms with E-state index in [-0.39, 0.29) is 12.4 Å². The van der Waals surface area contributed by atoms with Gasteiger partial charge in [-0.15, -0.1) is 0 Å². The van der Waals surface area contributed by atoms with Crippen molar-refractivity contribution in [2.75, 3.05) is 11.9 Å². The number of hydrogen-bond acceptors (Lipinski definition) is 5. The van der Waals surface area contributed by atoms with Crippen LogP contribution in [-0.4, -0.2) is 17.6 Å². The highest BCUT2D eigenvalue weighted by atomic mass is 16.5. The summed E-state index contributed by atoms with van der Waals surface area (Å²) in [6.45, 7) is 2.59. The third-order valence-electron chi connectivity index (χ3n) is 4.83. The van der Waals surface area contributed by atoms with Crippen LogP contribution in [0.4, 0.5) is 11.4 Å². The first-order valence-corrected chi connectivity index (χ1v) is 10.3. The van der Waals surface area contributed by atoms with Gasteiger partial charge in [-0.25, -0.2) is 4.98 Å². The molecular weight excluding hydrogens is 388 g/mol. The second kappa shape index (κ2) is 9.76. The standard InChI is InChI=1S/C26H24N2O3/c1-2-30-26(29)17-20-8-4-6-10-25(20)27-21-13-15-23(16-14-21)31-18-22-12-11-19-7-3-5-9-24(19)28-22/h3-16,27H,2,17-18H2,1H3. The third kappa shape index (κ3) is 5.39. The lowest BCUT2D eigenvalue weighted by molar-refractivity contribution is -0.142. The Balaban J connectivity index is 1.39. The lowest BCUT2D eigenvalue weighted by atomic mass is 10.1. The van der Waals surface area contributed by atoms with Crippen LogP contribution in [0.1, 0.15) is 18.2 Å². The van der Waals surface area contributed by atoms with Gasteiger partial charge in [0.1, 0.15) is 12.4 Å². The summed E-state index contributed by atoms with van der Waals surface area (Å²) in [6.07, 6.45) is 0.233. The molecule has 4 rings (SSSR count). The maximum atomic E-state index is 11.9. The van der Waals surface area contributed by atoms with Gasteiger partial charge in [0.2, 0.25) is 0 Å². The van der Waals surface area contributed by atoms with Gasteiger partial charge in [0.15, 0.2) is 0 Å². The molecule has 0 saturated heterocycles. The number of rotatable bonds is 8. The van der Waals surface area contributed by atoms with E-state index in [1.807, 2.05) is 85.8 Å². The maximum Gasteiger partial charge on any atom is 0.310 e. The van der Waals surface area contributed by atoms with E-state index < -0.39 is 0 Å². The Hall–Kier alpha value is -3.86. The minimum absolute atomic E-state index is 0.233.